The van der Waals surface area contributed by atoms with E-state index in [4.69, 9.17) is 4.74 Å². The SMILES string of the molecule is CCCOc1cc(C(=O)O)c2ccccc2c1.[Ni]. The number of carboxylic acid groups (broad SMARTS) is 1. The van der Waals surface area contributed by atoms with Crippen molar-refractivity contribution in [2.45, 2.75) is 13.3 Å². The van der Waals surface area contributed by atoms with E-state index in [1.165, 1.54) is 0 Å². The minimum Gasteiger partial charge on any atom is -0.494 e. The molecule has 0 saturated heterocycles. The molecule has 2 aromatic rings. The molecule has 18 heavy (non-hydrogen) atoms. The zero-order chi connectivity index (χ0) is 12.3. The number of carboxylic acids is 1. The van der Waals surface area contributed by atoms with Gasteiger partial charge >= 0.3 is 5.97 Å². The largest absolute Gasteiger partial charge is 0.494 e. The second-order valence-electron chi connectivity index (χ2n) is 3.85. The molecule has 0 atom stereocenters. The number of benzene rings is 2. The molecule has 0 bridgehead atoms. The van der Waals surface area contributed by atoms with Crippen LogP contribution in [0.2, 0.25) is 0 Å². The van der Waals surface area contributed by atoms with Crippen LogP contribution in [0.3, 0.4) is 0 Å². The minimum atomic E-state index is -0.928. The van der Waals surface area contributed by atoms with Crippen LogP contribution >= 0.6 is 0 Å². The average Bonchev–Trinajstić information content (AvgIpc) is 2.35. The van der Waals surface area contributed by atoms with Gasteiger partial charge < -0.3 is 9.84 Å². The average molecular weight is 289 g/mol. The van der Waals surface area contributed by atoms with Crippen LogP contribution in [-0.2, 0) is 16.5 Å². The molecule has 0 aromatic heterocycles. The molecule has 0 fully saturated rings. The summed E-state index contributed by atoms with van der Waals surface area (Å²) >= 11 is 0. The van der Waals surface area contributed by atoms with Gasteiger partial charge in [0.2, 0.25) is 0 Å². The number of hydrogen-bond acceptors (Lipinski definition) is 2. The number of aromatic carboxylic acids is 1. The number of carbonyl (C=O) groups is 1. The Morgan fingerprint density at radius 2 is 2.00 bits per heavy atom. The van der Waals surface area contributed by atoms with Gasteiger partial charge in [0, 0.05) is 16.5 Å². The smallest absolute Gasteiger partial charge is 0.336 e. The van der Waals surface area contributed by atoms with E-state index in [0.29, 0.717) is 12.4 Å². The van der Waals surface area contributed by atoms with Crippen molar-refractivity contribution in [1.29, 1.82) is 0 Å². The van der Waals surface area contributed by atoms with Crippen molar-refractivity contribution < 1.29 is 31.1 Å². The van der Waals surface area contributed by atoms with Crippen molar-refractivity contribution in [3.63, 3.8) is 0 Å². The topological polar surface area (TPSA) is 46.5 Å². The van der Waals surface area contributed by atoms with Gasteiger partial charge in [-0.3, -0.25) is 0 Å². The molecular formula is C14H14NiO3. The van der Waals surface area contributed by atoms with Crippen molar-refractivity contribution in [2.75, 3.05) is 6.61 Å². The van der Waals surface area contributed by atoms with Crippen molar-refractivity contribution in [2.24, 2.45) is 0 Å². The fourth-order valence-electron chi connectivity index (χ4n) is 1.76. The van der Waals surface area contributed by atoms with Gasteiger partial charge in [0.1, 0.15) is 5.75 Å². The van der Waals surface area contributed by atoms with Gasteiger partial charge in [-0.05, 0) is 29.3 Å². The fourth-order valence-corrected chi connectivity index (χ4v) is 1.76. The molecule has 2 aromatic carbocycles. The van der Waals surface area contributed by atoms with E-state index in [0.717, 1.165) is 17.2 Å². The Hall–Kier alpha value is -1.54. The summed E-state index contributed by atoms with van der Waals surface area (Å²) in [7, 11) is 0. The molecule has 0 radical (unpaired) electrons. The Kier molecular flexibility index (Phi) is 5.17. The molecule has 0 heterocycles. The van der Waals surface area contributed by atoms with Gasteiger partial charge in [-0.1, -0.05) is 31.2 Å². The van der Waals surface area contributed by atoms with E-state index in [-0.39, 0.29) is 22.1 Å². The van der Waals surface area contributed by atoms with Crippen LogP contribution in [0.4, 0.5) is 0 Å². The first-order chi connectivity index (χ1) is 8.22. The first-order valence-corrected chi connectivity index (χ1v) is 5.61. The summed E-state index contributed by atoms with van der Waals surface area (Å²) < 4.78 is 5.49. The van der Waals surface area contributed by atoms with Gasteiger partial charge in [-0.25, -0.2) is 4.79 Å². The van der Waals surface area contributed by atoms with E-state index in [2.05, 4.69) is 0 Å². The Labute approximate surface area is 116 Å². The van der Waals surface area contributed by atoms with Gasteiger partial charge in [0.15, 0.2) is 0 Å². The summed E-state index contributed by atoms with van der Waals surface area (Å²) in [6.45, 7) is 2.61. The van der Waals surface area contributed by atoms with E-state index < -0.39 is 5.97 Å². The van der Waals surface area contributed by atoms with Crippen LogP contribution < -0.4 is 4.74 Å². The van der Waals surface area contributed by atoms with Crippen LogP contribution in [-0.4, -0.2) is 17.7 Å². The fraction of sp³-hybridized carbons (Fsp3) is 0.214. The molecule has 0 spiro atoms. The molecule has 0 aliphatic rings. The zero-order valence-corrected chi connectivity index (χ0v) is 10.9. The summed E-state index contributed by atoms with van der Waals surface area (Å²) in [6, 6.07) is 10.9. The Morgan fingerprint density at radius 1 is 1.28 bits per heavy atom. The molecular weight excluding hydrogens is 275 g/mol. The quantitative estimate of drug-likeness (QED) is 0.878. The minimum absolute atomic E-state index is 0. The van der Waals surface area contributed by atoms with Gasteiger partial charge in [0.05, 0.1) is 12.2 Å². The summed E-state index contributed by atoms with van der Waals surface area (Å²) in [5, 5.41) is 10.8. The molecule has 0 amide bonds. The number of fused-ring (bicyclic) bond motifs is 1. The molecule has 0 saturated carbocycles. The monoisotopic (exact) mass is 288 g/mol. The van der Waals surface area contributed by atoms with Crippen LogP contribution in [0.15, 0.2) is 36.4 Å². The summed E-state index contributed by atoms with van der Waals surface area (Å²) in [4.78, 5) is 11.2. The molecule has 0 unspecified atom stereocenters. The number of ether oxygens (including phenoxy) is 1. The molecule has 2 rings (SSSR count). The maximum atomic E-state index is 11.2. The maximum Gasteiger partial charge on any atom is 0.336 e. The van der Waals surface area contributed by atoms with Crippen LogP contribution in [0.5, 0.6) is 5.75 Å². The third-order valence-electron chi connectivity index (χ3n) is 2.54. The van der Waals surface area contributed by atoms with Crippen molar-refractivity contribution in [3.8, 4) is 5.75 Å². The Morgan fingerprint density at radius 3 is 2.67 bits per heavy atom. The van der Waals surface area contributed by atoms with Crippen molar-refractivity contribution in [1.82, 2.24) is 0 Å². The number of rotatable bonds is 4. The Balaban J connectivity index is 0.00000162. The van der Waals surface area contributed by atoms with E-state index in [1.807, 2.05) is 37.3 Å². The maximum absolute atomic E-state index is 11.2. The second-order valence-corrected chi connectivity index (χ2v) is 3.85. The second kappa shape index (κ2) is 6.41. The third-order valence-corrected chi connectivity index (χ3v) is 2.54. The standard InChI is InChI=1S/C14H14O3.Ni/c1-2-7-17-11-8-10-5-3-4-6-12(10)13(9-11)14(15)16;/h3-6,8-9H,2,7H2,1H3,(H,15,16);. The van der Waals surface area contributed by atoms with Crippen LogP contribution in [0, 0.1) is 0 Å². The summed E-state index contributed by atoms with van der Waals surface area (Å²) in [5.74, 6) is -0.314. The predicted octanol–water partition coefficient (Wildman–Crippen LogP) is 3.32. The van der Waals surface area contributed by atoms with Crippen molar-refractivity contribution >= 4 is 16.7 Å². The van der Waals surface area contributed by atoms with Gasteiger partial charge in [0.25, 0.3) is 0 Å². The first kappa shape index (κ1) is 14.5. The first-order valence-electron chi connectivity index (χ1n) is 5.61. The summed E-state index contributed by atoms with van der Waals surface area (Å²) in [5.41, 5.74) is 0.286. The summed E-state index contributed by atoms with van der Waals surface area (Å²) in [6.07, 6.45) is 0.898. The third kappa shape index (κ3) is 3.02. The normalized spacial score (nSPS) is 9.83. The molecule has 98 valence electrons. The van der Waals surface area contributed by atoms with Crippen molar-refractivity contribution in [3.05, 3.63) is 42.0 Å². The van der Waals surface area contributed by atoms with Gasteiger partial charge in [-0.2, -0.15) is 0 Å². The number of hydrogen-bond donors (Lipinski definition) is 1. The van der Waals surface area contributed by atoms with E-state index >= 15 is 0 Å². The van der Waals surface area contributed by atoms with Crippen LogP contribution in [0.25, 0.3) is 10.8 Å². The zero-order valence-electron chi connectivity index (χ0n) is 9.96. The van der Waals surface area contributed by atoms with Gasteiger partial charge in [-0.15, -0.1) is 0 Å². The predicted molar refractivity (Wildman–Crippen MR) is 66.7 cm³/mol. The molecule has 4 heteroatoms. The van der Waals surface area contributed by atoms with E-state index in [1.54, 1.807) is 6.07 Å². The van der Waals surface area contributed by atoms with E-state index in [9.17, 15) is 9.90 Å². The molecule has 0 aliphatic heterocycles. The molecule has 1 N–H and O–H groups in total. The van der Waals surface area contributed by atoms with Crippen LogP contribution in [0.1, 0.15) is 23.7 Å². The molecule has 3 nitrogen and oxygen atoms in total. The molecule has 0 aliphatic carbocycles. The Bertz CT molecular complexity index is 552.